The molecule has 2 rings (SSSR count). The van der Waals surface area contributed by atoms with Crippen molar-refractivity contribution in [3.05, 3.63) is 41.0 Å². The van der Waals surface area contributed by atoms with E-state index >= 15 is 0 Å². The smallest absolute Gasteiger partial charge is 0.313 e. The molecule has 1 fully saturated rings. The van der Waals surface area contributed by atoms with Crippen LogP contribution in [0.1, 0.15) is 69.4 Å². The molecule has 0 aliphatic heterocycles. The highest BCUT2D eigenvalue weighted by molar-refractivity contribution is 5.77. The van der Waals surface area contributed by atoms with E-state index < -0.39 is 0 Å². The van der Waals surface area contributed by atoms with Crippen LogP contribution in [0.2, 0.25) is 0 Å². The molecule has 3 heteroatoms. The van der Waals surface area contributed by atoms with E-state index in [2.05, 4.69) is 13.0 Å². The highest BCUT2D eigenvalue weighted by Crippen LogP contribution is 2.26. The third-order valence-electron chi connectivity index (χ3n) is 4.51. The Morgan fingerprint density at radius 1 is 1.35 bits per heavy atom. The number of hydrogen-bond donors (Lipinski definition) is 1. The Hall–Kier alpha value is -1.61. The summed E-state index contributed by atoms with van der Waals surface area (Å²) in [5, 5.41) is 10.0. The third-order valence-corrected chi connectivity index (χ3v) is 4.51. The minimum atomic E-state index is -0.295. The molecule has 0 saturated heterocycles. The van der Waals surface area contributed by atoms with Crippen LogP contribution in [0.5, 0.6) is 0 Å². The Bertz CT molecular complexity index is 530. The number of aliphatic hydroxyl groups is 1. The van der Waals surface area contributed by atoms with Gasteiger partial charge in [0.15, 0.2) is 0 Å². The van der Waals surface area contributed by atoms with Gasteiger partial charge in [-0.3, -0.25) is 4.79 Å². The molecule has 0 radical (unpaired) electrons. The summed E-state index contributed by atoms with van der Waals surface area (Å²) < 4.78 is 5.28. The van der Waals surface area contributed by atoms with Gasteiger partial charge < -0.3 is 9.84 Å². The van der Waals surface area contributed by atoms with Crippen LogP contribution in [0, 0.1) is 0 Å². The first-order chi connectivity index (χ1) is 11.1. The summed E-state index contributed by atoms with van der Waals surface area (Å²) in [6.45, 7) is 4.46. The lowest BCUT2D eigenvalue weighted by molar-refractivity contribution is -0.145. The molecule has 0 aromatic heterocycles. The van der Waals surface area contributed by atoms with Crippen LogP contribution in [0.25, 0.3) is 6.08 Å². The monoisotopic (exact) mass is 316 g/mol. The molecule has 2 atom stereocenters. The van der Waals surface area contributed by atoms with Crippen LogP contribution in [-0.4, -0.2) is 23.8 Å². The topological polar surface area (TPSA) is 46.5 Å². The fourth-order valence-corrected chi connectivity index (χ4v) is 2.86. The predicted molar refractivity (Wildman–Crippen MR) is 93.2 cm³/mol. The van der Waals surface area contributed by atoms with Gasteiger partial charge in [-0.2, -0.15) is 0 Å². The minimum absolute atomic E-state index is 0.160. The van der Waals surface area contributed by atoms with Crippen LogP contribution in [-0.2, 0) is 9.53 Å². The van der Waals surface area contributed by atoms with Crippen molar-refractivity contribution in [1.82, 2.24) is 0 Å². The zero-order valence-corrected chi connectivity index (χ0v) is 14.3. The van der Waals surface area contributed by atoms with Crippen LogP contribution in [0.3, 0.4) is 0 Å². The van der Waals surface area contributed by atoms with Gasteiger partial charge in [0.25, 0.3) is 0 Å². The second kappa shape index (κ2) is 8.88. The van der Waals surface area contributed by atoms with Crippen LogP contribution in [0.15, 0.2) is 29.8 Å². The summed E-state index contributed by atoms with van der Waals surface area (Å²) in [5.41, 5.74) is 3.17. The lowest BCUT2D eigenvalue weighted by Gasteiger charge is -2.20. The highest BCUT2D eigenvalue weighted by Gasteiger charge is 2.17. The van der Waals surface area contributed by atoms with Crippen molar-refractivity contribution in [2.24, 2.45) is 0 Å². The molecule has 0 amide bonds. The SMILES string of the molecule is CCCCOC(=O)C(C)c1ccc(C=C2CCCCC2O)cc1. The summed E-state index contributed by atoms with van der Waals surface area (Å²) in [4.78, 5) is 12.0. The molecule has 1 aliphatic carbocycles. The summed E-state index contributed by atoms with van der Waals surface area (Å²) >= 11 is 0. The van der Waals surface area contributed by atoms with E-state index in [9.17, 15) is 9.90 Å². The molecule has 0 spiro atoms. The van der Waals surface area contributed by atoms with Gasteiger partial charge >= 0.3 is 5.97 Å². The standard InChI is InChI=1S/C20H28O3/c1-3-4-13-23-20(22)15(2)17-11-9-16(10-12-17)14-18-7-5-6-8-19(18)21/h9-12,14-15,19,21H,3-8,13H2,1-2H3. The van der Waals surface area contributed by atoms with Crippen molar-refractivity contribution in [3.63, 3.8) is 0 Å². The fourth-order valence-electron chi connectivity index (χ4n) is 2.86. The normalized spacial score (nSPS) is 21.2. The Balaban J connectivity index is 1.98. The number of ether oxygens (including phenoxy) is 1. The van der Waals surface area contributed by atoms with Crippen LogP contribution < -0.4 is 0 Å². The second-order valence-electron chi connectivity index (χ2n) is 6.39. The number of hydrogen-bond acceptors (Lipinski definition) is 3. The van der Waals surface area contributed by atoms with Crippen molar-refractivity contribution < 1.29 is 14.6 Å². The molecule has 0 heterocycles. The van der Waals surface area contributed by atoms with Crippen molar-refractivity contribution in [1.29, 1.82) is 0 Å². The van der Waals surface area contributed by atoms with Gasteiger partial charge in [-0.05, 0) is 49.3 Å². The third kappa shape index (κ3) is 5.21. The molecule has 1 N–H and O–H groups in total. The molecular weight excluding hydrogens is 288 g/mol. The number of esters is 1. The van der Waals surface area contributed by atoms with Gasteiger partial charge in [0.2, 0.25) is 0 Å². The maximum Gasteiger partial charge on any atom is 0.313 e. The van der Waals surface area contributed by atoms with Crippen molar-refractivity contribution in [2.75, 3.05) is 6.61 Å². The first-order valence-electron chi connectivity index (χ1n) is 8.77. The molecule has 23 heavy (non-hydrogen) atoms. The van der Waals surface area contributed by atoms with Crippen molar-refractivity contribution in [2.45, 2.75) is 64.4 Å². The molecule has 1 aromatic rings. The van der Waals surface area contributed by atoms with E-state index in [4.69, 9.17) is 4.74 Å². The summed E-state index contributed by atoms with van der Waals surface area (Å²) in [7, 11) is 0. The largest absolute Gasteiger partial charge is 0.465 e. The van der Waals surface area contributed by atoms with Gasteiger partial charge in [0.05, 0.1) is 18.6 Å². The molecule has 1 aromatic carbocycles. The highest BCUT2D eigenvalue weighted by atomic mass is 16.5. The molecule has 1 saturated carbocycles. The van der Waals surface area contributed by atoms with E-state index in [1.807, 2.05) is 31.2 Å². The Labute approximate surface area is 139 Å². The average Bonchev–Trinajstić information content (AvgIpc) is 2.57. The number of unbranched alkanes of at least 4 members (excludes halogenated alkanes) is 1. The fraction of sp³-hybridized carbons (Fsp3) is 0.550. The van der Waals surface area contributed by atoms with Gasteiger partial charge in [-0.1, -0.05) is 50.1 Å². The molecule has 3 nitrogen and oxygen atoms in total. The molecule has 2 unspecified atom stereocenters. The lowest BCUT2D eigenvalue weighted by atomic mass is 9.90. The van der Waals surface area contributed by atoms with Crippen LogP contribution >= 0.6 is 0 Å². The Morgan fingerprint density at radius 3 is 2.74 bits per heavy atom. The van der Waals surface area contributed by atoms with Gasteiger partial charge in [0, 0.05) is 0 Å². The number of benzene rings is 1. The maximum atomic E-state index is 12.0. The van der Waals surface area contributed by atoms with Gasteiger partial charge in [0.1, 0.15) is 0 Å². The average molecular weight is 316 g/mol. The zero-order valence-electron chi connectivity index (χ0n) is 14.3. The minimum Gasteiger partial charge on any atom is -0.465 e. The number of carbonyl (C=O) groups is 1. The Morgan fingerprint density at radius 2 is 2.09 bits per heavy atom. The first-order valence-corrected chi connectivity index (χ1v) is 8.77. The van der Waals surface area contributed by atoms with E-state index in [-0.39, 0.29) is 18.0 Å². The van der Waals surface area contributed by atoms with Crippen molar-refractivity contribution in [3.8, 4) is 0 Å². The van der Waals surface area contributed by atoms with Gasteiger partial charge in [-0.15, -0.1) is 0 Å². The van der Waals surface area contributed by atoms with Crippen LogP contribution in [0.4, 0.5) is 0 Å². The number of rotatable bonds is 6. The molecule has 0 bridgehead atoms. The summed E-state index contributed by atoms with van der Waals surface area (Å²) in [6.07, 6.45) is 7.82. The van der Waals surface area contributed by atoms with Gasteiger partial charge in [-0.25, -0.2) is 0 Å². The molecule has 1 aliphatic rings. The maximum absolute atomic E-state index is 12.0. The summed E-state index contributed by atoms with van der Waals surface area (Å²) in [6, 6.07) is 7.99. The quantitative estimate of drug-likeness (QED) is 0.623. The second-order valence-corrected chi connectivity index (χ2v) is 6.39. The van der Waals surface area contributed by atoms with E-state index in [0.29, 0.717) is 6.61 Å². The van der Waals surface area contributed by atoms with E-state index in [1.165, 1.54) is 0 Å². The first kappa shape index (κ1) is 17.7. The molecule has 126 valence electrons. The number of aliphatic hydroxyl groups excluding tert-OH is 1. The summed E-state index contributed by atoms with van der Waals surface area (Å²) in [5.74, 6) is -0.402. The zero-order chi connectivity index (χ0) is 16.7. The lowest BCUT2D eigenvalue weighted by Crippen LogP contribution is -2.15. The van der Waals surface area contributed by atoms with E-state index in [1.54, 1.807) is 0 Å². The van der Waals surface area contributed by atoms with E-state index in [0.717, 1.165) is 55.2 Å². The Kier molecular flexibility index (Phi) is 6.85. The predicted octanol–water partition coefficient (Wildman–Crippen LogP) is 4.45. The molecular formula is C20H28O3. The van der Waals surface area contributed by atoms with Crippen molar-refractivity contribution >= 4 is 12.0 Å². The number of carbonyl (C=O) groups excluding carboxylic acids is 1.